The number of fused-ring (bicyclic) bond motifs is 1. The summed E-state index contributed by atoms with van der Waals surface area (Å²) in [7, 11) is 2.18. The summed E-state index contributed by atoms with van der Waals surface area (Å²) in [5, 5.41) is 2.81. The van der Waals surface area contributed by atoms with Crippen molar-refractivity contribution in [3.63, 3.8) is 0 Å². The Labute approximate surface area is 153 Å². The molecular weight excluding hydrogens is 318 g/mol. The number of hydrogen-bond acceptors (Lipinski definition) is 0. The van der Waals surface area contributed by atoms with E-state index in [9.17, 15) is 0 Å². The van der Waals surface area contributed by atoms with E-state index in [-0.39, 0.29) is 10.8 Å². The van der Waals surface area contributed by atoms with E-state index < -0.39 is 0 Å². The van der Waals surface area contributed by atoms with E-state index in [1.807, 2.05) is 0 Å². The van der Waals surface area contributed by atoms with Crippen LogP contribution in [-0.2, 0) is 24.4 Å². The fraction of sp³-hybridized carbons (Fsp3) is 0.391. The van der Waals surface area contributed by atoms with Crippen LogP contribution in [0.3, 0.4) is 0 Å². The second-order valence-electron chi connectivity index (χ2n) is 9.31. The van der Waals surface area contributed by atoms with Gasteiger partial charge in [-0.2, -0.15) is 4.40 Å². The Hall–Kier alpha value is -2.42. The van der Waals surface area contributed by atoms with Crippen molar-refractivity contribution in [2.45, 2.75) is 52.0 Å². The molecule has 3 aromatic heterocycles. The summed E-state index contributed by atoms with van der Waals surface area (Å²) in [6.45, 7) is 13.0. The molecule has 0 atom stereocenters. The fourth-order valence-electron chi connectivity index (χ4n) is 5.74. The van der Waals surface area contributed by atoms with Crippen LogP contribution >= 0.6 is 0 Å². The first-order chi connectivity index (χ1) is 12.3. The highest BCUT2D eigenvalue weighted by Crippen LogP contribution is 2.50. The van der Waals surface area contributed by atoms with Crippen molar-refractivity contribution in [2.75, 3.05) is 0 Å². The lowest BCUT2D eigenvalue weighted by molar-refractivity contribution is -0.644. The molecule has 0 N–H and O–H groups in total. The molecule has 3 heteroatoms. The van der Waals surface area contributed by atoms with E-state index in [1.165, 1.54) is 50.0 Å². The molecule has 1 aromatic carbocycles. The molecule has 0 amide bonds. The van der Waals surface area contributed by atoms with Gasteiger partial charge in [0.05, 0.1) is 5.39 Å². The molecule has 0 fully saturated rings. The molecule has 6 rings (SSSR count). The molecule has 0 radical (unpaired) electrons. The minimum absolute atomic E-state index is 0.0642. The third-order valence-corrected chi connectivity index (χ3v) is 7.74. The molecule has 4 aromatic rings. The van der Waals surface area contributed by atoms with E-state index in [0.29, 0.717) is 0 Å². The van der Waals surface area contributed by atoms with Gasteiger partial charge in [-0.3, -0.25) is 0 Å². The average molecular weight is 343 g/mol. The highest BCUT2D eigenvalue weighted by atomic mass is 15.2. The van der Waals surface area contributed by atoms with Crippen LogP contribution in [0.1, 0.15) is 50.2 Å². The minimum Gasteiger partial charge on any atom is -0.222 e. The van der Waals surface area contributed by atoms with Gasteiger partial charge < -0.3 is 0 Å². The van der Waals surface area contributed by atoms with Crippen molar-refractivity contribution < 1.29 is 8.97 Å². The molecule has 5 heterocycles. The van der Waals surface area contributed by atoms with E-state index >= 15 is 0 Å². The van der Waals surface area contributed by atoms with Crippen molar-refractivity contribution in [3.05, 3.63) is 53.0 Å². The van der Waals surface area contributed by atoms with Gasteiger partial charge in [-0.15, -0.1) is 0 Å². The van der Waals surface area contributed by atoms with Crippen LogP contribution in [0.4, 0.5) is 0 Å². The van der Waals surface area contributed by atoms with Crippen LogP contribution in [0.15, 0.2) is 30.5 Å². The average Bonchev–Trinajstić information content (AvgIpc) is 3.10. The van der Waals surface area contributed by atoms with Crippen molar-refractivity contribution in [3.8, 4) is 0 Å². The number of aromatic nitrogens is 3. The maximum atomic E-state index is 2.60. The highest BCUT2D eigenvalue weighted by molar-refractivity contribution is 6.08. The first kappa shape index (κ1) is 14.7. The van der Waals surface area contributed by atoms with Gasteiger partial charge in [0.15, 0.2) is 17.4 Å². The number of pyridine rings is 2. The van der Waals surface area contributed by atoms with Gasteiger partial charge in [0.25, 0.3) is 0 Å². The van der Waals surface area contributed by atoms with Crippen molar-refractivity contribution in [1.82, 2.24) is 4.57 Å². The van der Waals surface area contributed by atoms with Gasteiger partial charge in [0.2, 0.25) is 5.52 Å². The number of para-hydroxylation sites is 1. The molecule has 0 aliphatic carbocycles. The van der Waals surface area contributed by atoms with Crippen molar-refractivity contribution in [1.29, 1.82) is 0 Å². The van der Waals surface area contributed by atoms with Crippen molar-refractivity contribution in [2.24, 2.45) is 7.05 Å². The third kappa shape index (κ3) is 1.25. The van der Waals surface area contributed by atoms with Crippen LogP contribution < -0.4 is 8.97 Å². The molecular formula is C23H25N3+2. The Kier molecular flexibility index (Phi) is 2.24. The van der Waals surface area contributed by atoms with Crippen LogP contribution in [0.5, 0.6) is 0 Å². The number of nitrogens with zero attached hydrogens (tertiary/aromatic N) is 3. The summed E-state index contributed by atoms with van der Waals surface area (Å²) in [5.41, 5.74) is 10.1. The van der Waals surface area contributed by atoms with E-state index in [4.69, 9.17) is 0 Å². The second kappa shape index (κ2) is 3.95. The van der Waals surface area contributed by atoms with Crippen molar-refractivity contribution >= 4 is 27.5 Å². The summed E-state index contributed by atoms with van der Waals surface area (Å²) in [6.07, 6.45) is 2.23. The number of imidazole rings is 1. The van der Waals surface area contributed by atoms with Gasteiger partial charge in [0.1, 0.15) is 24.7 Å². The smallest absolute Gasteiger partial charge is 0.222 e. The lowest BCUT2D eigenvalue weighted by atomic mass is 9.60. The molecule has 0 unspecified atom stereocenters. The van der Waals surface area contributed by atoms with Gasteiger partial charge in [0, 0.05) is 34.9 Å². The topological polar surface area (TPSA) is 12.9 Å². The van der Waals surface area contributed by atoms with Gasteiger partial charge >= 0.3 is 5.65 Å². The standard InChI is InChI=1S/C23H25N3/c1-13-20-23(4,5)22(2,3)16-9-7-8-15-18(16)26(20)21-17-14(12-25(13)21)10-11-24(6)19(15)17/h7-11H,12H2,1-6H3/q+2. The van der Waals surface area contributed by atoms with Gasteiger partial charge in [-0.05, 0) is 6.07 Å². The fourth-order valence-corrected chi connectivity index (χ4v) is 5.74. The Morgan fingerprint density at radius 1 is 1.00 bits per heavy atom. The molecule has 130 valence electrons. The maximum Gasteiger partial charge on any atom is 0.302 e. The maximum absolute atomic E-state index is 2.60. The second-order valence-corrected chi connectivity index (χ2v) is 9.31. The van der Waals surface area contributed by atoms with E-state index in [2.05, 4.69) is 85.7 Å². The molecule has 0 spiro atoms. The number of hydrogen-bond donors (Lipinski definition) is 0. The summed E-state index contributed by atoms with van der Waals surface area (Å²) >= 11 is 0. The summed E-state index contributed by atoms with van der Waals surface area (Å²) in [6, 6.07) is 9.21. The van der Waals surface area contributed by atoms with Crippen LogP contribution in [-0.4, -0.2) is 4.57 Å². The van der Waals surface area contributed by atoms with Crippen LogP contribution in [0.2, 0.25) is 0 Å². The van der Waals surface area contributed by atoms with Gasteiger partial charge in [-0.1, -0.05) is 39.8 Å². The SMILES string of the molecule is Cc1c2[n+]3c4c(cccc4c4c5c(cc[n+]4C)Cn1c53)C(C)(C)C2(C)C. The first-order valence-corrected chi connectivity index (χ1v) is 9.58. The minimum atomic E-state index is 0.0642. The zero-order valence-electron chi connectivity index (χ0n) is 16.4. The first-order valence-electron chi connectivity index (χ1n) is 9.58. The van der Waals surface area contributed by atoms with E-state index in [1.54, 1.807) is 0 Å². The van der Waals surface area contributed by atoms with Crippen LogP contribution in [0, 0.1) is 6.92 Å². The molecule has 2 aliphatic rings. The lowest BCUT2D eigenvalue weighted by Gasteiger charge is -2.43. The predicted molar refractivity (Wildman–Crippen MR) is 104 cm³/mol. The van der Waals surface area contributed by atoms with E-state index in [0.717, 1.165) is 6.54 Å². The zero-order valence-corrected chi connectivity index (χ0v) is 16.4. The lowest BCUT2D eigenvalue weighted by Crippen LogP contribution is -2.52. The van der Waals surface area contributed by atoms with Crippen LogP contribution in [0.25, 0.3) is 27.5 Å². The monoisotopic (exact) mass is 343 g/mol. The quantitative estimate of drug-likeness (QED) is 0.301. The molecule has 26 heavy (non-hydrogen) atoms. The Bertz CT molecular complexity index is 1320. The Morgan fingerprint density at radius 3 is 2.54 bits per heavy atom. The summed E-state index contributed by atoms with van der Waals surface area (Å²) in [5.74, 6) is 0. The normalized spacial score (nSPS) is 18.8. The molecule has 0 saturated heterocycles. The predicted octanol–water partition coefficient (Wildman–Crippen LogP) is 3.60. The molecule has 2 aliphatic heterocycles. The summed E-state index contributed by atoms with van der Waals surface area (Å²) in [4.78, 5) is 0. The molecule has 3 nitrogen and oxygen atoms in total. The number of aryl methyl sites for hydroxylation is 1. The Balaban J connectivity index is 2.09. The molecule has 0 saturated carbocycles. The highest BCUT2D eigenvalue weighted by Gasteiger charge is 2.53. The number of benzene rings is 1. The third-order valence-electron chi connectivity index (χ3n) is 7.74. The molecule has 0 bridgehead atoms. The summed E-state index contributed by atoms with van der Waals surface area (Å²) < 4.78 is 7.46. The Morgan fingerprint density at radius 2 is 1.77 bits per heavy atom. The number of rotatable bonds is 0. The zero-order chi connectivity index (χ0) is 18.2. The largest absolute Gasteiger partial charge is 0.302 e. The van der Waals surface area contributed by atoms with Gasteiger partial charge in [-0.25, -0.2) is 9.13 Å².